The fraction of sp³-hybridized carbons (Fsp3) is 0.500. The van der Waals surface area contributed by atoms with Gasteiger partial charge in [-0.3, -0.25) is 0 Å². The van der Waals surface area contributed by atoms with Gasteiger partial charge in [-0.1, -0.05) is 0 Å². The van der Waals surface area contributed by atoms with Crippen LogP contribution in [0.25, 0.3) is 0 Å². The number of rotatable bonds is 3. The molecule has 1 rings (SSSR count). The lowest BCUT2D eigenvalue weighted by atomic mass is 10.2. The van der Waals surface area contributed by atoms with E-state index in [0.717, 1.165) is 12.1 Å². The number of aryl methyl sites for hydroxylation is 1. The van der Waals surface area contributed by atoms with Crippen LogP contribution >= 0.6 is 11.7 Å². The molecule has 54 valence electrons. The average molecular weight is 156 g/mol. The van der Waals surface area contributed by atoms with E-state index in [4.69, 9.17) is 0 Å². The van der Waals surface area contributed by atoms with Gasteiger partial charge in [-0.15, -0.1) is 0 Å². The second-order valence-corrected chi connectivity index (χ2v) is 2.66. The first-order chi connectivity index (χ1) is 4.79. The maximum atomic E-state index is 10.5. The Morgan fingerprint density at radius 2 is 2.60 bits per heavy atom. The molecule has 0 radical (unpaired) electrons. The van der Waals surface area contributed by atoms with Crippen LogP contribution in [0, 0.1) is 0 Å². The molecule has 0 aromatic carbocycles. The number of hydrogen-bond acceptors (Lipinski definition) is 4. The van der Waals surface area contributed by atoms with Gasteiger partial charge in [0, 0.05) is 6.42 Å². The van der Waals surface area contributed by atoms with Gasteiger partial charge >= 0.3 is 0 Å². The minimum Gasteiger partial charge on any atom is -0.300 e. The number of nitrogens with zero attached hydrogens (tertiary/aromatic N) is 2. The molecule has 10 heavy (non-hydrogen) atoms. The Balaban J connectivity index is 2.35. The zero-order valence-corrected chi connectivity index (χ0v) is 6.52. The third-order valence-corrected chi connectivity index (χ3v) is 1.66. The van der Waals surface area contributed by atoms with Crippen LogP contribution in [0.1, 0.15) is 19.0 Å². The standard InChI is InChI=1S/C6H8N2OS/c1-5(9)2-3-6-4-7-10-8-6/h4H,2-3H2,1H3. The molecule has 1 aromatic rings. The predicted molar refractivity (Wildman–Crippen MR) is 38.9 cm³/mol. The molecule has 1 heterocycles. The second kappa shape index (κ2) is 3.41. The largest absolute Gasteiger partial charge is 0.300 e. The number of aromatic nitrogens is 2. The number of carbonyl (C=O) groups is 1. The molecule has 0 saturated heterocycles. The first-order valence-corrected chi connectivity index (χ1v) is 3.78. The summed E-state index contributed by atoms with van der Waals surface area (Å²) < 4.78 is 7.79. The van der Waals surface area contributed by atoms with Gasteiger partial charge in [-0.25, -0.2) is 0 Å². The quantitative estimate of drug-likeness (QED) is 0.657. The van der Waals surface area contributed by atoms with E-state index in [1.807, 2.05) is 0 Å². The first-order valence-electron chi connectivity index (χ1n) is 3.05. The van der Waals surface area contributed by atoms with Crippen LogP contribution in [0.15, 0.2) is 6.20 Å². The average Bonchev–Trinajstić information content (AvgIpc) is 2.34. The Kier molecular flexibility index (Phi) is 2.50. The van der Waals surface area contributed by atoms with Crippen molar-refractivity contribution in [2.45, 2.75) is 19.8 Å². The van der Waals surface area contributed by atoms with Crippen molar-refractivity contribution >= 4 is 17.5 Å². The van der Waals surface area contributed by atoms with Gasteiger partial charge in [0.1, 0.15) is 5.78 Å². The molecule has 0 spiro atoms. The summed E-state index contributed by atoms with van der Waals surface area (Å²) >= 11 is 1.18. The molecule has 0 aliphatic carbocycles. The van der Waals surface area contributed by atoms with E-state index < -0.39 is 0 Å². The molecule has 0 aliphatic heterocycles. The van der Waals surface area contributed by atoms with Crippen LogP contribution in [-0.2, 0) is 11.2 Å². The summed E-state index contributed by atoms with van der Waals surface area (Å²) in [5.41, 5.74) is 0.917. The van der Waals surface area contributed by atoms with Crippen LogP contribution in [0.2, 0.25) is 0 Å². The molecule has 0 saturated carbocycles. The highest BCUT2D eigenvalue weighted by Gasteiger charge is 1.97. The number of ketones is 1. The van der Waals surface area contributed by atoms with Gasteiger partial charge in [-0.05, 0) is 13.3 Å². The van der Waals surface area contributed by atoms with Crippen molar-refractivity contribution in [3.8, 4) is 0 Å². The van der Waals surface area contributed by atoms with E-state index in [-0.39, 0.29) is 5.78 Å². The topological polar surface area (TPSA) is 42.9 Å². The highest BCUT2D eigenvalue weighted by atomic mass is 32.1. The van der Waals surface area contributed by atoms with E-state index in [1.54, 1.807) is 13.1 Å². The fourth-order valence-corrected chi connectivity index (χ4v) is 1.06. The zero-order valence-electron chi connectivity index (χ0n) is 5.70. The summed E-state index contributed by atoms with van der Waals surface area (Å²) in [5, 5.41) is 0. The van der Waals surface area contributed by atoms with Crippen molar-refractivity contribution < 1.29 is 4.79 Å². The molecule has 4 heteroatoms. The molecule has 0 fully saturated rings. The summed E-state index contributed by atoms with van der Waals surface area (Å²) in [5.74, 6) is 0.202. The molecule has 0 unspecified atom stereocenters. The van der Waals surface area contributed by atoms with Crippen LogP contribution in [0.5, 0.6) is 0 Å². The highest BCUT2D eigenvalue weighted by Crippen LogP contribution is 1.99. The third kappa shape index (κ3) is 2.23. The summed E-state index contributed by atoms with van der Waals surface area (Å²) in [6.45, 7) is 1.58. The summed E-state index contributed by atoms with van der Waals surface area (Å²) in [7, 11) is 0. The molecule has 0 bridgehead atoms. The first kappa shape index (κ1) is 7.34. The van der Waals surface area contributed by atoms with Crippen molar-refractivity contribution in [2.75, 3.05) is 0 Å². The Morgan fingerprint density at radius 1 is 1.80 bits per heavy atom. The van der Waals surface area contributed by atoms with E-state index in [1.165, 1.54) is 11.7 Å². The monoisotopic (exact) mass is 156 g/mol. The molecular formula is C6H8N2OS. The van der Waals surface area contributed by atoms with Gasteiger partial charge in [0.2, 0.25) is 0 Å². The molecule has 1 aromatic heterocycles. The highest BCUT2D eigenvalue weighted by molar-refractivity contribution is 6.99. The second-order valence-electron chi connectivity index (χ2n) is 2.10. The Morgan fingerprint density at radius 3 is 3.10 bits per heavy atom. The Labute approximate surface area is 63.4 Å². The molecular weight excluding hydrogens is 148 g/mol. The van der Waals surface area contributed by atoms with Crippen molar-refractivity contribution in [3.63, 3.8) is 0 Å². The normalized spacial score (nSPS) is 9.70. The van der Waals surface area contributed by atoms with E-state index in [9.17, 15) is 4.79 Å². The van der Waals surface area contributed by atoms with Crippen molar-refractivity contribution in [3.05, 3.63) is 11.9 Å². The molecule has 0 N–H and O–H groups in total. The lowest BCUT2D eigenvalue weighted by Crippen LogP contribution is -1.93. The lowest BCUT2D eigenvalue weighted by molar-refractivity contribution is -0.116. The van der Waals surface area contributed by atoms with Gasteiger partial charge in [0.25, 0.3) is 0 Å². The molecule has 0 amide bonds. The van der Waals surface area contributed by atoms with Gasteiger partial charge < -0.3 is 4.79 Å². The van der Waals surface area contributed by atoms with Crippen molar-refractivity contribution in [2.24, 2.45) is 0 Å². The Hall–Kier alpha value is -0.770. The number of carbonyl (C=O) groups excluding carboxylic acids is 1. The number of hydrogen-bond donors (Lipinski definition) is 0. The van der Waals surface area contributed by atoms with Gasteiger partial charge in [0.15, 0.2) is 0 Å². The third-order valence-electron chi connectivity index (χ3n) is 1.14. The number of Topliss-reactive ketones (excluding diaryl/α,β-unsaturated/α-hetero) is 1. The SMILES string of the molecule is CC(=O)CCc1cnsn1. The molecule has 3 nitrogen and oxygen atoms in total. The fourth-order valence-electron chi connectivity index (χ4n) is 0.598. The van der Waals surface area contributed by atoms with Crippen molar-refractivity contribution in [1.29, 1.82) is 0 Å². The maximum Gasteiger partial charge on any atom is 0.130 e. The van der Waals surface area contributed by atoms with Crippen LogP contribution in [0.4, 0.5) is 0 Å². The lowest BCUT2D eigenvalue weighted by Gasteiger charge is -1.88. The van der Waals surface area contributed by atoms with E-state index in [0.29, 0.717) is 6.42 Å². The van der Waals surface area contributed by atoms with Gasteiger partial charge in [0.05, 0.1) is 23.6 Å². The Bertz CT molecular complexity index is 208. The maximum absolute atomic E-state index is 10.5. The molecule has 0 atom stereocenters. The summed E-state index contributed by atoms with van der Waals surface area (Å²) in [4.78, 5) is 10.5. The van der Waals surface area contributed by atoms with E-state index >= 15 is 0 Å². The van der Waals surface area contributed by atoms with Crippen LogP contribution in [0.3, 0.4) is 0 Å². The summed E-state index contributed by atoms with van der Waals surface area (Å²) in [6.07, 6.45) is 3.00. The van der Waals surface area contributed by atoms with Crippen LogP contribution in [-0.4, -0.2) is 14.5 Å². The van der Waals surface area contributed by atoms with Crippen LogP contribution < -0.4 is 0 Å². The zero-order chi connectivity index (χ0) is 7.40. The minimum atomic E-state index is 0.202. The molecule has 0 aliphatic rings. The van der Waals surface area contributed by atoms with Gasteiger partial charge in [-0.2, -0.15) is 8.75 Å². The minimum absolute atomic E-state index is 0.202. The predicted octanol–water partition coefficient (Wildman–Crippen LogP) is 1.06. The van der Waals surface area contributed by atoms with E-state index in [2.05, 4.69) is 8.75 Å². The van der Waals surface area contributed by atoms with Crippen molar-refractivity contribution in [1.82, 2.24) is 8.75 Å². The summed E-state index contributed by atoms with van der Waals surface area (Å²) in [6, 6.07) is 0. The smallest absolute Gasteiger partial charge is 0.130 e.